The van der Waals surface area contributed by atoms with Crippen LogP contribution in [0.25, 0.3) is 0 Å². The van der Waals surface area contributed by atoms with Crippen molar-refractivity contribution in [1.29, 1.82) is 0 Å². The van der Waals surface area contributed by atoms with Crippen LogP contribution in [-0.2, 0) is 16.1 Å². The van der Waals surface area contributed by atoms with Crippen LogP contribution in [0, 0.1) is 0 Å². The Balaban J connectivity index is 2.28. The van der Waals surface area contributed by atoms with Gasteiger partial charge in [-0.15, -0.1) is 0 Å². The van der Waals surface area contributed by atoms with Gasteiger partial charge < -0.3 is 10.1 Å². The number of alkyl halides is 1. The minimum absolute atomic E-state index is 0.174. The molecule has 0 aromatic heterocycles. The van der Waals surface area contributed by atoms with Crippen LogP contribution in [0.15, 0.2) is 30.3 Å². The van der Waals surface area contributed by atoms with Crippen molar-refractivity contribution in [3.63, 3.8) is 0 Å². The predicted octanol–water partition coefficient (Wildman–Crippen LogP) is 1.64. The van der Waals surface area contributed by atoms with Crippen LogP contribution in [0.2, 0.25) is 0 Å². The van der Waals surface area contributed by atoms with E-state index in [2.05, 4.69) is 27.9 Å². The fourth-order valence-electron chi connectivity index (χ4n) is 1.42. The molecular weight excluding hydrogens is 343 g/mol. The summed E-state index contributed by atoms with van der Waals surface area (Å²) in [6.45, 7) is 2.41. The Morgan fingerprint density at radius 2 is 2.11 bits per heavy atom. The lowest BCUT2D eigenvalue weighted by atomic mass is 10.2. The van der Waals surface area contributed by atoms with Crippen molar-refractivity contribution in [2.24, 2.45) is 0 Å². The topological polar surface area (TPSA) is 41.6 Å². The minimum Gasteiger partial charge on any atom is -0.460 e. The lowest BCUT2D eigenvalue weighted by Crippen LogP contribution is -2.34. The van der Waals surface area contributed by atoms with Gasteiger partial charge in [-0.25, -0.2) is 0 Å². The van der Waals surface area contributed by atoms with Crippen LogP contribution >= 0.6 is 22.6 Å². The van der Waals surface area contributed by atoms with Crippen molar-refractivity contribution in [3.05, 3.63) is 35.9 Å². The van der Waals surface area contributed by atoms with Gasteiger partial charge in [-0.2, -0.15) is 0 Å². The normalized spacial score (nSPS) is 10.6. The van der Waals surface area contributed by atoms with Gasteiger partial charge in [0.15, 0.2) is 0 Å². The molecule has 0 fully saturated rings. The Labute approximate surface area is 122 Å². The monoisotopic (exact) mass is 362 g/mol. The number of hydrogen-bond donors (Lipinski definition) is 1. The van der Waals surface area contributed by atoms with E-state index in [-0.39, 0.29) is 5.97 Å². The summed E-state index contributed by atoms with van der Waals surface area (Å²) in [4.78, 5) is 13.7. The van der Waals surface area contributed by atoms with E-state index in [0.29, 0.717) is 13.2 Å². The highest BCUT2D eigenvalue weighted by Gasteiger charge is 2.10. The van der Waals surface area contributed by atoms with Crippen molar-refractivity contribution in [3.8, 4) is 0 Å². The number of carbonyl (C=O) groups excluding carboxylic acids is 1. The third-order valence-corrected chi connectivity index (χ3v) is 3.41. The molecule has 1 N–H and O–H groups in total. The molecule has 0 radical (unpaired) electrons. The number of esters is 1. The van der Waals surface area contributed by atoms with E-state index < -0.39 is 0 Å². The first kappa shape index (κ1) is 15.4. The van der Waals surface area contributed by atoms with Crippen LogP contribution in [-0.4, -0.2) is 42.1 Å². The zero-order valence-electron chi connectivity index (χ0n) is 10.6. The molecule has 0 heterocycles. The fourth-order valence-corrected chi connectivity index (χ4v) is 2.00. The molecule has 0 bridgehead atoms. The van der Waals surface area contributed by atoms with E-state index >= 15 is 0 Å². The summed E-state index contributed by atoms with van der Waals surface area (Å²) in [5.74, 6) is -0.174. The van der Waals surface area contributed by atoms with Crippen molar-refractivity contribution in [2.75, 3.05) is 31.2 Å². The molecule has 1 aromatic carbocycles. The number of hydrogen-bond acceptors (Lipinski definition) is 4. The third-order valence-electron chi connectivity index (χ3n) is 2.44. The van der Waals surface area contributed by atoms with Gasteiger partial charge in [-0.3, -0.25) is 9.69 Å². The molecule has 5 heteroatoms. The van der Waals surface area contributed by atoms with Crippen molar-refractivity contribution >= 4 is 28.6 Å². The van der Waals surface area contributed by atoms with Gasteiger partial charge in [0, 0.05) is 13.1 Å². The Kier molecular flexibility index (Phi) is 7.95. The lowest BCUT2D eigenvalue weighted by molar-refractivity contribution is -0.145. The standard InChI is InChI=1S/C13H19IN2O2/c1-15-7-8-16(11-14)9-13(17)18-10-12-5-3-2-4-6-12/h2-6,15H,7-11H2,1H3. The molecule has 1 aromatic rings. The van der Waals surface area contributed by atoms with Gasteiger partial charge in [0.25, 0.3) is 0 Å². The molecule has 0 aliphatic rings. The number of halogens is 1. The van der Waals surface area contributed by atoms with E-state index in [1.165, 1.54) is 0 Å². The molecular formula is C13H19IN2O2. The zero-order valence-corrected chi connectivity index (χ0v) is 12.7. The maximum absolute atomic E-state index is 11.7. The largest absolute Gasteiger partial charge is 0.460 e. The van der Waals surface area contributed by atoms with E-state index in [1.807, 2.05) is 42.3 Å². The highest BCUT2D eigenvalue weighted by Crippen LogP contribution is 2.02. The fraction of sp³-hybridized carbons (Fsp3) is 0.462. The van der Waals surface area contributed by atoms with Crippen LogP contribution < -0.4 is 5.32 Å². The molecule has 0 aliphatic heterocycles. The van der Waals surface area contributed by atoms with Crippen LogP contribution in [0.1, 0.15) is 5.56 Å². The van der Waals surface area contributed by atoms with E-state index in [4.69, 9.17) is 4.74 Å². The van der Waals surface area contributed by atoms with E-state index in [9.17, 15) is 4.79 Å². The Morgan fingerprint density at radius 1 is 1.39 bits per heavy atom. The number of carbonyl (C=O) groups is 1. The number of rotatable bonds is 8. The molecule has 0 unspecified atom stereocenters. The van der Waals surface area contributed by atoms with Gasteiger partial charge in [-0.1, -0.05) is 52.9 Å². The van der Waals surface area contributed by atoms with Crippen LogP contribution in [0.4, 0.5) is 0 Å². The maximum atomic E-state index is 11.7. The number of likely N-dealkylation sites (N-methyl/N-ethyl adjacent to an activating group) is 1. The molecule has 0 saturated heterocycles. The molecule has 18 heavy (non-hydrogen) atoms. The molecule has 0 spiro atoms. The number of ether oxygens (including phenoxy) is 1. The average molecular weight is 362 g/mol. The van der Waals surface area contributed by atoms with Gasteiger partial charge in [0.1, 0.15) is 6.61 Å². The highest BCUT2D eigenvalue weighted by atomic mass is 127. The first-order valence-electron chi connectivity index (χ1n) is 5.88. The van der Waals surface area contributed by atoms with Gasteiger partial charge in [0.2, 0.25) is 0 Å². The molecule has 100 valence electrons. The summed E-state index contributed by atoms with van der Waals surface area (Å²) in [7, 11) is 1.90. The van der Waals surface area contributed by atoms with Gasteiger partial charge in [0.05, 0.1) is 11.1 Å². The molecule has 0 aliphatic carbocycles. The Morgan fingerprint density at radius 3 is 2.72 bits per heavy atom. The van der Waals surface area contributed by atoms with E-state index in [1.54, 1.807) is 0 Å². The summed E-state index contributed by atoms with van der Waals surface area (Å²) >= 11 is 2.25. The van der Waals surface area contributed by atoms with Gasteiger partial charge in [-0.05, 0) is 12.6 Å². The minimum atomic E-state index is -0.174. The molecule has 4 nitrogen and oxygen atoms in total. The Bertz CT molecular complexity index is 346. The summed E-state index contributed by atoms with van der Waals surface area (Å²) < 4.78 is 6.06. The first-order chi connectivity index (χ1) is 8.76. The number of nitrogens with one attached hydrogen (secondary N) is 1. The maximum Gasteiger partial charge on any atom is 0.320 e. The average Bonchev–Trinajstić information content (AvgIpc) is 2.42. The lowest BCUT2D eigenvalue weighted by Gasteiger charge is -2.18. The molecule has 0 atom stereocenters. The molecule has 1 rings (SSSR count). The quantitative estimate of drug-likeness (QED) is 0.331. The van der Waals surface area contributed by atoms with Crippen LogP contribution in [0.3, 0.4) is 0 Å². The number of benzene rings is 1. The second kappa shape index (κ2) is 9.29. The number of nitrogens with zero attached hydrogens (tertiary/aromatic N) is 1. The molecule has 0 saturated carbocycles. The smallest absolute Gasteiger partial charge is 0.320 e. The van der Waals surface area contributed by atoms with E-state index in [0.717, 1.165) is 23.2 Å². The second-order valence-electron chi connectivity index (χ2n) is 3.92. The van der Waals surface area contributed by atoms with Crippen molar-refractivity contribution < 1.29 is 9.53 Å². The summed E-state index contributed by atoms with van der Waals surface area (Å²) in [6.07, 6.45) is 0. The molecule has 0 amide bonds. The van der Waals surface area contributed by atoms with Crippen LogP contribution in [0.5, 0.6) is 0 Å². The van der Waals surface area contributed by atoms with Crippen molar-refractivity contribution in [2.45, 2.75) is 6.61 Å². The summed E-state index contributed by atoms with van der Waals surface area (Å²) in [5.41, 5.74) is 1.02. The summed E-state index contributed by atoms with van der Waals surface area (Å²) in [5, 5.41) is 3.07. The third kappa shape index (κ3) is 6.32. The van der Waals surface area contributed by atoms with Crippen molar-refractivity contribution in [1.82, 2.24) is 10.2 Å². The zero-order chi connectivity index (χ0) is 13.2. The first-order valence-corrected chi connectivity index (χ1v) is 7.41. The Hall–Kier alpha value is -0.660. The second-order valence-corrected chi connectivity index (χ2v) is 4.60. The highest BCUT2D eigenvalue weighted by molar-refractivity contribution is 14.1. The predicted molar refractivity (Wildman–Crippen MR) is 80.6 cm³/mol. The van der Waals surface area contributed by atoms with Gasteiger partial charge >= 0.3 is 5.97 Å². The summed E-state index contributed by atoms with van der Waals surface area (Å²) in [6, 6.07) is 9.72. The SMILES string of the molecule is CNCCN(CI)CC(=O)OCc1ccccc1.